The van der Waals surface area contributed by atoms with Gasteiger partial charge >= 0.3 is 0 Å². The molecule has 0 saturated heterocycles. The largest absolute Gasteiger partial charge is 0.507 e. The van der Waals surface area contributed by atoms with Gasteiger partial charge in [-0.25, -0.2) is 4.98 Å². The molecule has 2 heterocycles. The lowest BCUT2D eigenvalue weighted by molar-refractivity contribution is -0.123. The van der Waals surface area contributed by atoms with E-state index >= 15 is 0 Å². The second-order valence-electron chi connectivity index (χ2n) is 11.0. The van der Waals surface area contributed by atoms with Gasteiger partial charge in [0.2, 0.25) is 0 Å². The number of nitrogens with zero attached hydrogens (tertiary/aromatic N) is 1. The number of carbonyl (C=O) groups excluding carboxylic acids is 3. The Hall–Kier alpha value is -4.89. The molecule has 1 aliphatic carbocycles. The number of ether oxygens (including phenoxy) is 1. The van der Waals surface area contributed by atoms with Crippen LogP contribution in [-0.4, -0.2) is 37.5 Å². The van der Waals surface area contributed by atoms with Gasteiger partial charge in [0.15, 0.2) is 17.3 Å². The Balaban J connectivity index is 1.44. The maximum Gasteiger partial charge on any atom is 0.194 e. The first-order valence-corrected chi connectivity index (χ1v) is 14.0. The van der Waals surface area contributed by atoms with E-state index in [1.165, 1.54) is 26.8 Å². The van der Waals surface area contributed by atoms with Gasteiger partial charge in [-0.3, -0.25) is 14.4 Å². The summed E-state index contributed by atoms with van der Waals surface area (Å²) in [7, 11) is 0. The number of carbonyl (C=O) groups is 3. The molecule has 6 rings (SSSR count). The molecule has 10 heteroatoms. The Morgan fingerprint density at radius 2 is 1.79 bits per heavy atom. The van der Waals surface area contributed by atoms with Crippen LogP contribution in [0.1, 0.15) is 59.7 Å². The number of para-hydroxylation sites is 2. The highest BCUT2D eigenvalue weighted by molar-refractivity contribution is 6.31. The van der Waals surface area contributed by atoms with E-state index in [0.717, 1.165) is 16.6 Å². The minimum atomic E-state index is -1.61. The van der Waals surface area contributed by atoms with E-state index in [2.05, 4.69) is 10.3 Å². The van der Waals surface area contributed by atoms with Crippen LogP contribution in [-0.2, 0) is 21.4 Å². The summed E-state index contributed by atoms with van der Waals surface area (Å²) in [6, 6.07) is 14.5. The first-order chi connectivity index (χ1) is 20.4. The van der Waals surface area contributed by atoms with Gasteiger partial charge in [0.05, 0.1) is 28.2 Å². The number of hydrogen-bond donors (Lipinski definition) is 4. The minimum absolute atomic E-state index is 0.0200. The Labute approximate surface area is 251 Å². The molecule has 0 bridgehead atoms. The third kappa shape index (κ3) is 4.39. The number of rotatable bonds is 6. The molecule has 0 spiro atoms. The van der Waals surface area contributed by atoms with Crippen LogP contribution in [0.2, 0.25) is 5.02 Å². The number of imidazole rings is 1. The molecule has 9 nitrogen and oxygen atoms in total. The van der Waals surface area contributed by atoms with Crippen molar-refractivity contribution >= 4 is 40.0 Å². The van der Waals surface area contributed by atoms with Gasteiger partial charge < -0.3 is 25.3 Å². The monoisotopic (exact) mass is 597 g/mol. The molecular weight excluding hydrogens is 570 g/mol. The Morgan fingerprint density at radius 3 is 2.47 bits per heavy atom. The Bertz CT molecular complexity index is 1910. The molecule has 0 radical (unpaired) electrons. The van der Waals surface area contributed by atoms with E-state index in [1.807, 2.05) is 36.4 Å². The van der Waals surface area contributed by atoms with E-state index in [0.29, 0.717) is 23.0 Å². The summed E-state index contributed by atoms with van der Waals surface area (Å²) in [6.45, 7) is 5.88. The predicted octanol–water partition coefficient (Wildman–Crippen LogP) is 5.67. The van der Waals surface area contributed by atoms with E-state index in [4.69, 9.17) is 21.3 Å². The topological polar surface area (TPSA) is 142 Å². The normalized spacial score (nSPS) is 19.4. The number of nitrogens with one attached hydrogen (secondary N) is 2. The number of benzene rings is 3. The highest BCUT2D eigenvalue weighted by Gasteiger charge is 2.56. The Morgan fingerprint density at radius 1 is 1.09 bits per heavy atom. The number of aromatic hydroxyl groups is 2. The molecule has 1 aliphatic heterocycles. The number of allylic oxidation sites excluding steroid dienone is 4. The number of phenols is 2. The number of aromatic nitrogens is 2. The van der Waals surface area contributed by atoms with Crippen LogP contribution >= 0.6 is 11.6 Å². The molecular formula is C33H28ClN3O6. The average molecular weight is 598 g/mol. The third-order valence-electron chi connectivity index (χ3n) is 8.26. The highest BCUT2D eigenvalue weighted by atomic mass is 35.5. The zero-order valence-corrected chi connectivity index (χ0v) is 24.6. The lowest BCUT2D eigenvalue weighted by Crippen LogP contribution is -2.41. The van der Waals surface area contributed by atoms with Crippen molar-refractivity contribution in [2.75, 3.05) is 0 Å². The van der Waals surface area contributed by atoms with E-state index < -0.39 is 34.6 Å². The van der Waals surface area contributed by atoms with Crippen LogP contribution in [0.4, 0.5) is 0 Å². The first kappa shape index (κ1) is 28.2. The fourth-order valence-corrected chi connectivity index (χ4v) is 6.06. The van der Waals surface area contributed by atoms with Crippen molar-refractivity contribution in [1.82, 2.24) is 15.3 Å². The van der Waals surface area contributed by atoms with Crippen LogP contribution in [0.25, 0.3) is 11.0 Å². The van der Waals surface area contributed by atoms with Crippen molar-refractivity contribution in [3.05, 3.63) is 105 Å². The first-order valence-electron chi connectivity index (χ1n) is 13.7. The van der Waals surface area contributed by atoms with Crippen molar-refractivity contribution < 1.29 is 29.3 Å². The van der Waals surface area contributed by atoms with Gasteiger partial charge in [-0.15, -0.1) is 0 Å². The van der Waals surface area contributed by atoms with Crippen LogP contribution < -0.4 is 10.1 Å². The van der Waals surface area contributed by atoms with Crippen molar-refractivity contribution in [3.63, 3.8) is 0 Å². The molecule has 4 aromatic rings. The fraction of sp³-hybridized carbons (Fsp3) is 0.212. The fourth-order valence-electron chi connectivity index (χ4n) is 5.94. The number of H-pyrrole nitrogens is 1. The van der Waals surface area contributed by atoms with Gasteiger partial charge in [-0.05, 0) is 57.5 Å². The number of halogens is 1. The van der Waals surface area contributed by atoms with Crippen LogP contribution in [0.15, 0.2) is 71.6 Å². The quantitative estimate of drug-likeness (QED) is 0.126. The summed E-state index contributed by atoms with van der Waals surface area (Å²) < 4.78 is 5.87. The SMILES string of the molecule is CC(=O)c1c(O)c(C)c(O)c2c1OC1=CC(=O)C(=C(C)NC(Cc3nc4ccccc4[nH]3)c3ccc(Cl)cc3)C(=O)C12C. The van der Waals surface area contributed by atoms with Crippen molar-refractivity contribution in [2.45, 2.75) is 45.6 Å². The van der Waals surface area contributed by atoms with Crippen LogP contribution in [0.3, 0.4) is 0 Å². The standard InChI is InChI=1S/C33H28ClN3O6/c1-15-29(40)27(17(3)38)31-28(30(15)41)33(4)24(43-31)14-23(39)26(32(33)42)16(2)35-22(18-9-11-19(34)12-10-18)13-25-36-20-7-5-6-8-21(20)37-25/h5-12,14,22,35,40-41H,13H2,1-4H3,(H,36,37). The maximum atomic E-state index is 14.3. The van der Waals surface area contributed by atoms with E-state index in [9.17, 15) is 24.6 Å². The van der Waals surface area contributed by atoms with E-state index in [1.54, 1.807) is 19.1 Å². The second kappa shape index (κ2) is 10.1. The molecule has 3 aromatic carbocycles. The zero-order valence-electron chi connectivity index (χ0n) is 23.8. The van der Waals surface area contributed by atoms with Crippen LogP contribution in [0.5, 0.6) is 17.2 Å². The molecule has 43 heavy (non-hydrogen) atoms. The third-order valence-corrected chi connectivity index (χ3v) is 8.51. The summed E-state index contributed by atoms with van der Waals surface area (Å²) in [5, 5.41) is 25.6. The number of phenolic OH excluding ortho intramolecular Hbond substituents is 2. The number of ketones is 3. The van der Waals surface area contributed by atoms with E-state index in [-0.39, 0.29) is 39.5 Å². The van der Waals surface area contributed by atoms with Gasteiger partial charge in [0.25, 0.3) is 0 Å². The lowest BCUT2D eigenvalue weighted by atomic mass is 9.70. The molecule has 2 atom stereocenters. The summed E-state index contributed by atoms with van der Waals surface area (Å²) in [5.74, 6) is -1.95. The number of aromatic amines is 1. The van der Waals surface area contributed by atoms with Crippen molar-refractivity contribution in [2.24, 2.45) is 0 Å². The molecule has 218 valence electrons. The maximum absolute atomic E-state index is 14.3. The van der Waals surface area contributed by atoms with Crippen molar-refractivity contribution in [1.29, 1.82) is 0 Å². The highest BCUT2D eigenvalue weighted by Crippen LogP contribution is 2.57. The molecule has 1 aromatic heterocycles. The molecule has 0 amide bonds. The molecule has 4 N–H and O–H groups in total. The smallest absolute Gasteiger partial charge is 0.194 e. The lowest BCUT2D eigenvalue weighted by Gasteiger charge is -2.30. The minimum Gasteiger partial charge on any atom is -0.507 e. The van der Waals surface area contributed by atoms with Gasteiger partial charge in [0.1, 0.15) is 39.8 Å². The van der Waals surface area contributed by atoms with Gasteiger partial charge in [-0.2, -0.15) is 0 Å². The van der Waals surface area contributed by atoms with Crippen LogP contribution in [0, 0.1) is 6.92 Å². The summed E-state index contributed by atoms with van der Waals surface area (Å²) in [4.78, 5) is 48.2. The summed E-state index contributed by atoms with van der Waals surface area (Å²) in [6.07, 6.45) is 1.60. The number of Topliss-reactive ketones (excluding diaryl/α,β-unsaturated/α-hetero) is 2. The summed E-state index contributed by atoms with van der Waals surface area (Å²) >= 11 is 6.16. The molecule has 2 aliphatic rings. The number of fused-ring (bicyclic) bond motifs is 4. The molecule has 0 saturated carbocycles. The molecule has 2 unspecified atom stereocenters. The predicted molar refractivity (Wildman–Crippen MR) is 160 cm³/mol. The number of hydrogen-bond acceptors (Lipinski definition) is 8. The van der Waals surface area contributed by atoms with Gasteiger partial charge in [0, 0.05) is 28.8 Å². The zero-order chi connectivity index (χ0) is 30.8. The summed E-state index contributed by atoms with van der Waals surface area (Å²) in [5.41, 5.74) is 1.07. The average Bonchev–Trinajstić information content (AvgIpc) is 3.50. The van der Waals surface area contributed by atoms with Gasteiger partial charge in [-0.1, -0.05) is 35.9 Å². The second-order valence-corrected chi connectivity index (χ2v) is 11.5. The molecule has 0 fully saturated rings. The van der Waals surface area contributed by atoms with Crippen molar-refractivity contribution in [3.8, 4) is 17.2 Å². The Kier molecular flexibility index (Phi) is 6.65.